The smallest absolute Gasteiger partial charge is 0.303 e. The Morgan fingerprint density at radius 2 is 1.97 bits per heavy atom. The molecule has 3 fully saturated rings. The van der Waals surface area contributed by atoms with Crippen molar-refractivity contribution < 1.29 is 19.8 Å². The summed E-state index contributed by atoms with van der Waals surface area (Å²) in [6.45, 7) is 5.96. The predicted molar refractivity (Wildman–Crippen MR) is 115 cm³/mol. The number of nitrogens with one attached hydrogen (secondary N) is 1. The average molecular weight is 412 g/mol. The van der Waals surface area contributed by atoms with Crippen molar-refractivity contribution in [1.29, 1.82) is 0 Å². The molecule has 5 heteroatoms. The van der Waals surface area contributed by atoms with Crippen molar-refractivity contribution in [2.24, 2.45) is 11.8 Å². The van der Waals surface area contributed by atoms with Gasteiger partial charge in [0.1, 0.15) is 0 Å². The van der Waals surface area contributed by atoms with Crippen molar-refractivity contribution in [3.8, 4) is 0 Å². The first kappa shape index (κ1) is 21.1. The summed E-state index contributed by atoms with van der Waals surface area (Å²) < 4.78 is 0. The Hall–Kier alpha value is -2.14. The van der Waals surface area contributed by atoms with Gasteiger partial charge >= 0.3 is 5.97 Å². The number of aliphatic carboxylic acids is 1. The molecule has 3 N–H and O–H groups in total. The lowest BCUT2D eigenvalue weighted by Gasteiger charge is -2.59. The Morgan fingerprint density at radius 3 is 2.60 bits per heavy atom. The van der Waals surface area contributed by atoms with Crippen LogP contribution in [0.5, 0.6) is 0 Å². The van der Waals surface area contributed by atoms with Gasteiger partial charge in [-0.05, 0) is 87.8 Å². The molecule has 0 aromatic heterocycles. The zero-order valence-corrected chi connectivity index (χ0v) is 18.2. The summed E-state index contributed by atoms with van der Waals surface area (Å²) >= 11 is 0. The molecule has 162 valence electrons. The maximum Gasteiger partial charge on any atom is 0.303 e. The minimum Gasteiger partial charge on any atom is -0.481 e. The van der Waals surface area contributed by atoms with Crippen LogP contribution in [0.3, 0.4) is 0 Å². The molecule has 0 heterocycles. The number of amides is 1. The van der Waals surface area contributed by atoms with E-state index in [1.165, 1.54) is 0 Å². The number of carboxylic acid groups (broad SMARTS) is 1. The van der Waals surface area contributed by atoms with Gasteiger partial charge in [0.2, 0.25) is 5.91 Å². The molecule has 0 spiro atoms. The van der Waals surface area contributed by atoms with E-state index >= 15 is 0 Å². The first-order valence-electron chi connectivity index (χ1n) is 11.2. The monoisotopic (exact) mass is 411 g/mol. The molecule has 0 saturated heterocycles. The molecule has 4 bridgehead atoms. The van der Waals surface area contributed by atoms with Crippen LogP contribution in [0.2, 0.25) is 0 Å². The van der Waals surface area contributed by atoms with Gasteiger partial charge in [-0.15, -0.1) is 0 Å². The summed E-state index contributed by atoms with van der Waals surface area (Å²) in [7, 11) is 0. The van der Waals surface area contributed by atoms with Crippen LogP contribution < -0.4 is 5.32 Å². The number of hydrogen-bond acceptors (Lipinski definition) is 3. The van der Waals surface area contributed by atoms with E-state index in [1.54, 1.807) is 0 Å². The molecule has 0 aliphatic heterocycles. The third kappa shape index (κ3) is 3.80. The van der Waals surface area contributed by atoms with Crippen molar-refractivity contribution in [2.45, 2.75) is 82.8 Å². The second kappa shape index (κ2) is 7.52. The minimum absolute atomic E-state index is 0.0139. The number of carbonyl (C=O) groups is 2. The van der Waals surface area contributed by atoms with Crippen molar-refractivity contribution in [2.75, 3.05) is 0 Å². The van der Waals surface area contributed by atoms with Gasteiger partial charge in [-0.3, -0.25) is 9.59 Å². The van der Waals surface area contributed by atoms with Gasteiger partial charge in [0.25, 0.3) is 0 Å². The predicted octanol–water partition coefficient (Wildman–Crippen LogP) is 3.66. The lowest BCUT2D eigenvalue weighted by molar-refractivity contribution is -0.137. The highest BCUT2D eigenvalue weighted by Gasteiger charge is 2.58. The molecule has 4 atom stereocenters. The molecular formula is C25H33NO4. The number of hydrogen-bond donors (Lipinski definition) is 3. The van der Waals surface area contributed by atoms with Gasteiger partial charge in [0, 0.05) is 6.42 Å². The largest absolute Gasteiger partial charge is 0.481 e. The Morgan fingerprint density at radius 1 is 1.20 bits per heavy atom. The Balaban J connectivity index is 1.44. The standard InChI is InChI=1S/C25H33NO4/c1-15-8-16(6-4-5-7-22(27)28)10-19(9-15)24(2,3)23(29)26-21-12-20-17-11-18(21)14-25(20,30)13-17/h8-10,12,17-18,21,30H,4-7,11,13-14H2,1-3H3,(H,26,29)(H,27,28)/t17?,18-,21-,25+/m0/s1. The maximum atomic E-state index is 13.3. The van der Waals surface area contributed by atoms with E-state index in [2.05, 4.69) is 29.6 Å². The van der Waals surface area contributed by atoms with Gasteiger partial charge in [-0.2, -0.15) is 0 Å². The zero-order chi connectivity index (χ0) is 21.7. The van der Waals surface area contributed by atoms with Crippen LogP contribution in [-0.2, 0) is 21.4 Å². The summed E-state index contributed by atoms with van der Waals surface area (Å²) in [5.74, 6) is 0.109. The fraction of sp³-hybridized carbons (Fsp3) is 0.600. The first-order valence-corrected chi connectivity index (χ1v) is 11.2. The molecule has 5 aliphatic rings. The van der Waals surface area contributed by atoms with Crippen LogP contribution in [0, 0.1) is 18.8 Å². The van der Waals surface area contributed by atoms with Crippen molar-refractivity contribution in [1.82, 2.24) is 5.32 Å². The second-order valence-electron chi connectivity index (χ2n) is 10.2. The van der Waals surface area contributed by atoms with Crippen LogP contribution in [0.25, 0.3) is 0 Å². The van der Waals surface area contributed by atoms with Gasteiger partial charge in [0.15, 0.2) is 0 Å². The molecule has 5 aliphatic carbocycles. The molecule has 0 radical (unpaired) electrons. The molecule has 6 rings (SSSR count). The Bertz CT molecular complexity index is 902. The van der Waals surface area contributed by atoms with E-state index in [0.29, 0.717) is 18.3 Å². The highest BCUT2D eigenvalue weighted by molar-refractivity contribution is 5.88. The molecule has 30 heavy (non-hydrogen) atoms. The molecule has 5 nitrogen and oxygen atoms in total. The SMILES string of the molecule is Cc1cc(CCCCC(=O)O)cc(C(C)(C)C(=O)N[C@H]2C=C3C4C[C@H]2C[C@]3(O)C4)c1. The third-order valence-corrected chi connectivity index (χ3v) is 7.45. The fourth-order valence-electron chi connectivity index (χ4n) is 5.67. The number of unbranched alkanes of at least 4 members (excludes halogenated alkanes) is 1. The topological polar surface area (TPSA) is 86.6 Å². The normalized spacial score (nSPS) is 29.2. The third-order valence-electron chi connectivity index (χ3n) is 7.45. The van der Waals surface area contributed by atoms with Crippen LogP contribution in [0.4, 0.5) is 0 Å². The molecule has 1 unspecified atom stereocenters. The zero-order valence-electron chi connectivity index (χ0n) is 18.2. The quantitative estimate of drug-likeness (QED) is 0.450. The first-order chi connectivity index (χ1) is 14.1. The molecule has 1 amide bonds. The highest BCUT2D eigenvalue weighted by Crippen LogP contribution is 2.59. The van der Waals surface area contributed by atoms with Gasteiger partial charge in [0.05, 0.1) is 17.1 Å². The summed E-state index contributed by atoms with van der Waals surface area (Å²) in [6.07, 6.45) is 7.34. The second-order valence-corrected chi connectivity index (χ2v) is 10.2. The Labute approximate surface area is 178 Å². The number of aryl methyl sites for hydroxylation is 2. The van der Waals surface area contributed by atoms with Gasteiger partial charge in [-0.1, -0.05) is 29.8 Å². The van der Waals surface area contributed by atoms with E-state index in [9.17, 15) is 14.7 Å². The number of fused-ring (bicyclic) bond motifs is 1. The highest BCUT2D eigenvalue weighted by atomic mass is 16.4. The molecule has 1 aromatic carbocycles. The van der Waals surface area contributed by atoms with E-state index < -0.39 is 17.0 Å². The van der Waals surface area contributed by atoms with E-state index in [4.69, 9.17) is 5.11 Å². The lowest BCUT2D eigenvalue weighted by Crippen LogP contribution is -2.62. The Kier molecular flexibility index (Phi) is 5.29. The summed E-state index contributed by atoms with van der Waals surface area (Å²) in [6, 6.07) is 6.31. The van der Waals surface area contributed by atoms with Crippen molar-refractivity contribution >= 4 is 11.9 Å². The van der Waals surface area contributed by atoms with E-state index in [0.717, 1.165) is 54.4 Å². The van der Waals surface area contributed by atoms with Crippen LogP contribution in [-0.4, -0.2) is 33.7 Å². The summed E-state index contributed by atoms with van der Waals surface area (Å²) in [4.78, 5) is 24.0. The van der Waals surface area contributed by atoms with Crippen LogP contribution in [0.15, 0.2) is 29.8 Å². The lowest BCUT2D eigenvalue weighted by atomic mass is 9.50. The van der Waals surface area contributed by atoms with Gasteiger partial charge in [-0.25, -0.2) is 0 Å². The fourth-order valence-corrected chi connectivity index (χ4v) is 5.67. The van der Waals surface area contributed by atoms with E-state index in [-0.39, 0.29) is 18.4 Å². The molecule has 1 aromatic rings. The van der Waals surface area contributed by atoms with Crippen LogP contribution >= 0.6 is 0 Å². The minimum atomic E-state index is -0.756. The summed E-state index contributed by atoms with van der Waals surface area (Å²) in [5, 5.41) is 22.7. The van der Waals surface area contributed by atoms with Crippen molar-refractivity contribution in [3.05, 3.63) is 46.5 Å². The number of aliphatic hydroxyl groups is 1. The number of carbonyl (C=O) groups excluding carboxylic acids is 1. The van der Waals surface area contributed by atoms with E-state index in [1.807, 2.05) is 20.8 Å². The summed E-state index contributed by atoms with van der Waals surface area (Å²) in [5.41, 5.74) is 3.14. The molecular weight excluding hydrogens is 378 g/mol. The van der Waals surface area contributed by atoms with Crippen molar-refractivity contribution in [3.63, 3.8) is 0 Å². The average Bonchev–Trinajstić information content (AvgIpc) is 2.66. The number of rotatable bonds is 8. The maximum absolute atomic E-state index is 13.3. The number of benzene rings is 1. The number of carboxylic acids is 1. The van der Waals surface area contributed by atoms with Gasteiger partial charge < -0.3 is 15.5 Å². The van der Waals surface area contributed by atoms with Crippen LogP contribution in [0.1, 0.15) is 69.1 Å². The molecule has 3 saturated carbocycles.